The number of rotatable bonds is 4. The largest absolute Gasteiger partial charge is 0.364 e. The topological polar surface area (TPSA) is 93.0 Å². The van der Waals surface area contributed by atoms with Gasteiger partial charge in [0, 0.05) is 18.2 Å². The fourth-order valence-corrected chi connectivity index (χ4v) is 2.81. The number of aromatic nitrogens is 4. The number of aromatic amines is 1. The second-order valence-electron chi connectivity index (χ2n) is 5.83. The zero-order valence-electron chi connectivity index (χ0n) is 14.0. The van der Waals surface area contributed by atoms with Crippen LogP contribution >= 0.6 is 0 Å². The Morgan fingerprint density at radius 3 is 2.85 bits per heavy atom. The zero-order chi connectivity index (χ0) is 18.1. The average Bonchev–Trinajstić information content (AvgIpc) is 3.17. The molecule has 1 unspecified atom stereocenters. The first-order valence-electron chi connectivity index (χ1n) is 8.02. The molecule has 0 fully saturated rings. The SMILES string of the molecule is COC(O)c1cccc(-n2cc(-c3cc4ccccc4[nH]c3=O)nn2)c1. The van der Waals surface area contributed by atoms with Gasteiger partial charge in [-0.2, -0.15) is 0 Å². The lowest BCUT2D eigenvalue weighted by Gasteiger charge is -2.09. The molecule has 130 valence electrons. The van der Waals surface area contributed by atoms with Crippen molar-refractivity contribution in [3.63, 3.8) is 0 Å². The Morgan fingerprint density at radius 2 is 2.00 bits per heavy atom. The Balaban J connectivity index is 1.75. The molecule has 2 aromatic carbocycles. The normalized spacial score (nSPS) is 12.4. The van der Waals surface area contributed by atoms with E-state index in [-0.39, 0.29) is 5.56 Å². The van der Waals surface area contributed by atoms with Crippen LogP contribution in [0.4, 0.5) is 0 Å². The molecule has 1 atom stereocenters. The van der Waals surface area contributed by atoms with E-state index in [0.29, 0.717) is 22.5 Å². The quantitative estimate of drug-likeness (QED) is 0.553. The maximum absolute atomic E-state index is 12.4. The lowest BCUT2D eigenvalue weighted by Crippen LogP contribution is -2.08. The first-order chi connectivity index (χ1) is 12.7. The van der Waals surface area contributed by atoms with E-state index in [4.69, 9.17) is 4.74 Å². The number of para-hydroxylation sites is 1. The Bertz CT molecular complexity index is 1130. The molecule has 7 heteroatoms. The molecule has 4 rings (SSSR count). The minimum Gasteiger partial charge on any atom is -0.364 e. The highest BCUT2D eigenvalue weighted by atomic mass is 16.6. The number of ether oxygens (including phenoxy) is 1. The molecule has 2 aromatic heterocycles. The summed E-state index contributed by atoms with van der Waals surface area (Å²) in [6.07, 6.45) is 0.666. The van der Waals surface area contributed by atoms with Crippen molar-refractivity contribution in [2.45, 2.75) is 6.29 Å². The fourth-order valence-electron chi connectivity index (χ4n) is 2.81. The second-order valence-corrected chi connectivity index (χ2v) is 5.83. The molecule has 7 nitrogen and oxygen atoms in total. The summed E-state index contributed by atoms with van der Waals surface area (Å²) >= 11 is 0. The number of aliphatic hydroxyl groups is 1. The first kappa shape index (κ1) is 16.2. The molecule has 4 aromatic rings. The van der Waals surface area contributed by atoms with Crippen LogP contribution in [0.15, 0.2) is 65.6 Å². The zero-order valence-corrected chi connectivity index (χ0v) is 14.0. The van der Waals surface area contributed by atoms with Gasteiger partial charge in [0.15, 0.2) is 6.29 Å². The van der Waals surface area contributed by atoms with Gasteiger partial charge >= 0.3 is 0 Å². The number of pyridine rings is 1. The van der Waals surface area contributed by atoms with Crippen LogP contribution in [-0.4, -0.2) is 32.2 Å². The minimum atomic E-state index is -1.01. The van der Waals surface area contributed by atoms with Gasteiger partial charge in [0.25, 0.3) is 5.56 Å². The van der Waals surface area contributed by atoms with E-state index < -0.39 is 6.29 Å². The maximum atomic E-state index is 12.4. The summed E-state index contributed by atoms with van der Waals surface area (Å²) in [4.78, 5) is 15.2. The van der Waals surface area contributed by atoms with Crippen LogP contribution in [0.2, 0.25) is 0 Å². The van der Waals surface area contributed by atoms with E-state index in [0.717, 1.165) is 10.9 Å². The molecule has 2 heterocycles. The van der Waals surface area contributed by atoms with Crippen molar-refractivity contribution in [3.05, 3.63) is 76.7 Å². The number of methoxy groups -OCH3 is 1. The van der Waals surface area contributed by atoms with Gasteiger partial charge in [-0.15, -0.1) is 5.10 Å². The average molecular weight is 348 g/mol. The van der Waals surface area contributed by atoms with Crippen LogP contribution in [0.5, 0.6) is 0 Å². The van der Waals surface area contributed by atoms with Crippen LogP contribution in [0.3, 0.4) is 0 Å². The van der Waals surface area contributed by atoms with E-state index in [2.05, 4.69) is 15.3 Å². The van der Waals surface area contributed by atoms with E-state index in [1.54, 1.807) is 35.1 Å². The van der Waals surface area contributed by atoms with Crippen molar-refractivity contribution < 1.29 is 9.84 Å². The van der Waals surface area contributed by atoms with Crippen LogP contribution in [0, 0.1) is 0 Å². The number of aliphatic hydroxyl groups excluding tert-OH is 1. The summed E-state index contributed by atoms with van der Waals surface area (Å²) in [5.74, 6) is 0. The third kappa shape index (κ3) is 2.90. The van der Waals surface area contributed by atoms with Crippen molar-refractivity contribution in [2.75, 3.05) is 7.11 Å². The van der Waals surface area contributed by atoms with E-state index in [1.807, 2.05) is 30.3 Å². The molecule has 0 amide bonds. The number of H-pyrrole nitrogens is 1. The van der Waals surface area contributed by atoms with Gasteiger partial charge in [-0.05, 0) is 29.7 Å². The van der Waals surface area contributed by atoms with Crippen LogP contribution < -0.4 is 5.56 Å². The van der Waals surface area contributed by atoms with Gasteiger partial charge in [0.1, 0.15) is 5.69 Å². The summed E-state index contributed by atoms with van der Waals surface area (Å²) in [5, 5.41) is 19.0. The highest BCUT2D eigenvalue weighted by molar-refractivity contribution is 5.82. The molecule has 0 aliphatic carbocycles. The highest BCUT2D eigenvalue weighted by Gasteiger charge is 2.12. The summed E-state index contributed by atoms with van der Waals surface area (Å²) < 4.78 is 6.47. The third-order valence-electron chi connectivity index (χ3n) is 4.17. The number of nitrogens with zero attached hydrogens (tertiary/aromatic N) is 3. The maximum Gasteiger partial charge on any atom is 0.258 e. The Labute approximate surface area is 148 Å². The van der Waals surface area contributed by atoms with Crippen molar-refractivity contribution in [1.82, 2.24) is 20.0 Å². The van der Waals surface area contributed by atoms with Gasteiger partial charge in [-0.1, -0.05) is 35.5 Å². The number of hydrogen-bond donors (Lipinski definition) is 2. The summed E-state index contributed by atoms with van der Waals surface area (Å²) in [5.41, 5.74) is 2.77. The number of fused-ring (bicyclic) bond motifs is 1. The molecule has 0 aliphatic rings. The number of benzene rings is 2. The smallest absolute Gasteiger partial charge is 0.258 e. The van der Waals surface area contributed by atoms with Gasteiger partial charge in [0.2, 0.25) is 0 Å². The molecule has 2 N–H and O–H groups in total. The van der Waals surface area contributed by atoms with Crippen molar-refractivity contribution in [2.24, 2.45) is 0 Å². The van der Waals surface area contributed by atoms with Gasteiger partial charge < -0.3 is 14.8 Å². The van der Waals surface area contributed by atoms with Gasteiger partial charge in [0.05, 0.1) is 17.4 Å². The molecule has 0 spiro atoms. The molecule has 0 saturated heterocycles. The molecule has 0 saturated carbocycles. The monoisotopic (exact) mass is 348 g/mol. The number of hydrogen-bond acceptors (Lipinski definition) is 5. The molecule has 0 aliphatic heterocycles. The Kier molecular flexibility index (Phi) is 4.08. The predicted octanol–water partition coefficient (Wildman–Crippen LogP) is 2.41. The number of nitrogens with one attached hydrogen (secondary N) is 1. The van der Waals surface area contributed by atoms with E-state index in [9.17, 15) is 9.90 Å². The molecule has 26 heavy (non-hydrogen) atoms. The van der Waals surface area contributed by atoms with Crippen LogP contribution in [0.1, 0.15) is 11.9 Å². The minimum absolute atomic E-state index is 0.223. The Hall–Kier alpha value is -3.29. The summed E-state index contributed by atoms with van der Waals surface area (Å²) in [6.45, 7) is 0. The summed E-state index contributed by atoms with van der Waals surface area (Å²) in [7, 11) is 1.43. The summed E-state index contributed by atoms with van der Waals surface area (Å²) in [6, 6.07) is 16.5. The molecule has 0 bridgehead atoms. The van der Waals surface area contributed by atoms with Crippen molar-refractivity contribution >= 4 is 10.9 Å². The van der Waals surface area contributed by atoms with Crippen LogP contribution in [0.25, 0.3) is 27.8 Å². The predicted molar refractivity (Wildman–Crippen MR) is 96.9 cm³/mol. The molecular formula is C19H16N4O3. The third-order valence-corrected chi connectivity index (χ3v) is 4.17. The Morgan fingerprint density at radius 1 is 1.15 bits per heavy atom. The lowest BCUT2D eigenvalue weighted by molar-refractivity contribution is -0.0769. The lowest BCUT2D eigenvalue weighted by atomic mass is 10.1. The second kappa shape index (κ2) is 6.55. The van der Waals surface area contributed by atoms with Crippen molar-refractivity contribution in [3.8, 4) is 16.9 Å². The van der Waals surface area contributed by atoms with Crippen molar-refractivity contribution in [1.29, 1.82) is 0 Å². The van der Waals surface area contributed by atoms with E-state index >= 15 is 0 Å². The van der Waals surface area contributed by atoms with Gasteiger partial charge in [-0.25, -0.2) is 4.68 Å². The standard InChI is InChI=1S/C19H16N4O3/c1-26-19(25)13-6-4-7-14(9-13)23-11-17(21-22-23)15-10-12-5-2-3-8-16(12)20-18(15)24/h2-11,19,25H,1H3,(H,20,24). The van der Waals surface area contributed by atoms with Gasteiger partial charge in [-0.3, -0.25) is 4.79 Å². The van der Waals surface area contributed by atoms with Crippen LogP contribution in [-0.2, 0) is 4.74 Å². The molecular weight excluding hydrogens is 332 g/mol. The molecule has 0 radical (unpaired) electrons. The first-order valence-corrected chi connectivity index (χ1v) is 8.02. The van der Waals surface area contributed by atoms with E-state index in [1.165, 1.54) is 7.11 Å². The fraction of sp³-hybridized carbons (Fsp3) is 0.105. The highest BCUT2D eigenvalue weighted by Crippen LogP contribution is 2.20.